The van der Waals surface area contributed by atoms with E-state index in [1.807, 2.05) is 30.3 Å². The Bertz CT molecular complexity index is 867. The Balaban J connectivity index is 1.78. The molecule has 0 saturated heterocycles. The van der Waals surface area contributed by atoms with Crippen molar-refractivity contribution in [2.75, 3.05) is 0 Å². The predicted molar refractivity (Wildman–Crippen MR) is 96.2 cm³/mol. The first-order valence-electron chi connectivity index (χ1n) is 8.62. The number of carbonyl (C=O) groups is 1. The highest BCUT2D eigenvalue weighted by Crippen LogP contribution is 2.18. The average molecular weight is 358 g/mol. The fourth-order valence-corrected chi connectivity index (χ4v) is 3.02. The van der Waals surface area contributed by atoms with Crippen LogP contribution in [-0.2, 0) is 6.61 Å². The van der Waals surface area contributed by atoms with Gasteiger partial charge in [-0.2, -0.15) is 0 Å². The summed E-state index contributed by atoms with van der Waals surface area (Å²) in [4.78, 5) is 40.8. The Morgan fingerprint density at radius 1 is 1.12 bits per heavy atom. The first kappa shape index (κ1) is 17.9. The molecule has 1 heterocycles. The number of aromatic amines is 2. The van der Waals surface area contributed by atoms with Gasteiger partial charge in [0, 0.05) is 12.1 Å². The van der Waals surface area contributed by atoms with E-state index in [1.165, 1.54) is 0 Å². The van der Waals surface area contributed by atoms with Gasteiger partial charge in [0.1, 0.15) is 6.61 Å². The molecular weight excluding hydrogens is 336 g/mol. The molecule has 2 aromatic rings. The highest BCUT2D eigenvalue weighted by atomic mass is 16.5. The largest absolute Gasteiger partial charge is 0.481 e. The van der Waals surface area contributed by atoms with Gasteiger partial charge in [0.05, 0.1) is 0 Å². The Morgan fingerprint density at radius 2 is 1.81 bits per heavy atom. The minimum atomic E-state index is -0.752. The maximum atomic E-state index is 12.6. The van der Waals surface area contributed by atoms with E-state index in [2.05, 4.69) is 15.3 Å². The molecule has 1 aromatic heterocycles. The summed E-state index contributed by atoms with van der Waals surface area (Å²) in [6.45, 7) is 0.106. The van der Waals surface area contributed by atoms with Gasteiger partial charge < -0.3 is 15.8 Å². The highest BCUT2D eigenvalue weighted by Gasteiger charge is 2.24. The van der Waals surface area contributed by atoms with Gasteiger partial charge in [0.2, 0.25) is 5.75 Å². The third-order valence-corrected chi connectivity index (χ3v) is 4.46. The van der Waals surface area contributed by atoms with Crippen molar-refractivity contribution in [1.29, 1.82) is 0 Å². The molecule has 1 aromatic carbocycles. The summed E-state index contributed by atoms with van der Waals surface area (Å²) < 4.78 is 5.54. The van der Waals surface area contributed by atoms with Crippen molar-refractivity contribution in [3.63, 3.8) is 0 Å². The lowest BCUT2D eigenvalue weighted by Crippen LogP contribution is -2.42. The van der Waals surface area contributed by atoms with Crippen LogP contribution in [-0.4, -0.2) is 28.0 Å². The summed E-state index contributed by atoms with van der Waals surface area (Å²) >= 11 is 0. The van der Waals surface area contributed by atoms with E-state index in [4.69, 9.17) is 10.5 Å². The number of rotatable bonds is 5. The van der Waals surface area contributed by atoms with E-state index in [0.29, 0.717) is 0 Å². The molecule has 8 heteroatoms. The maximum absolute atomic E-state index is 12.6. The SMILES string of the molecule is NC1CCC(NC(=O)c2[nH]c(=O)[nH]c(=O)c2OCc2ccccc2)CC1. The smallest absolute Gasteiger partial charge is 0.326 e. The van der Waals surface area contributed by atoms with Crippen LogP contribution in [0.4, 0.5) is 0 Å². The molecule has 0 bridgehead atoms. The fraction of sp³-hybridized carbons (Fsp3) is 0.389. The number of hydrogen-bond donors (Lipinski definition) is 4. The number of carbonyl (C=O) groups excluding carboxylic acids is 1. The molecule has 0 unspecified atom stereocenters. The van der Waals surface area contributed by atoms with Gasteiger partial charge in [0.25, 0.3) is 11.5 Å². The Hall–Kier alpha value is -2.87. The quantitative estimate of drug-likeness (QED) is 0.623. The van der Waals surface area contributed by atoms with Crippen LogP contribution >= 0.6 is 0 Å². The summed E-state index contributed by atoms with van der Waals surface area (Å²) in [7, 11) is 0. The normalized spacial score (nSPS) is 19.7. The lowest BCUT2D eigenvalue weighted by atomic mass is 9.92. The van der Waals surface area contributed by atoms with E-state index in [-0.39, 0.29) is 30.1 Å². The Kier molecular flexibility index (Phi) is 5.52. The molecule has 5 N–H and O–H groups in total. The summed E-state index contributed by atoms with van der Waals surface area (Å²) in [5.41, 5.74) is 5.06. The van der Waals surface area contributed by atoms with E-state index in [1.54, 1.807) is 0 Å². The lowest BCUT2D eigenvalue weighted by Gasteiger charge is -2.26. The van der Waals surface area contributed by atoms with Crippen molar-refractivity contribution < 1.29 is 9.53 Å². The van der Waals surface area contributed by atoms with Crippen LogP contribution in [0.1, 0.15) is 41.7 Å². The molecule has 1 amide bonds. The molecule has 3 rings (SSSR count). The van der Waals surface area contributed by atoms with Crippen molar-refractivity contribution in [2.45, 2.75) is 44.4 Å². The summed E-state index contributed by atoms with van der Waals surface area (Å²) in [6, 6.07) is 9.36. The summed E-state index contributed by atoms with van der Waals surface area (Å²) in [5, 5.41) is 2.85. The van der Waals surface area contributed by atoms with Gasteiger partial charge in [0.15, 0.2) is 5.69 Å². The van der Waals surface area contributed by atoms with Gasteiger partial charge >= 0.3 is 5.69 Å². The zero-order chi connectivity index (χ0) is 18.5. The predicted octanol–water partition coefficient (Wildman–Crippen LogP) is 0.642. The fourth-order valence-electron chi connectivity index (χ4n) is 3.02. The molecule has 26 heavy (non-hydrogen) atoms. The Morgan fingerprint density at radius 3 is 2.50 bits per heavy atom. The minimum Gasteiger partial charge on any atom is -0.481 e. The van der Waals surface area contributed by atoms with Crippen molar-refractivity contribution in [1.82, 2.24) is 15.3 Å². The molecule has 1 fully saturated rings. The first-order chi connectivity index (χ1) is 12.5. The summed E-state index contributed by atoms with van der Waals surface area (Å²) in [5.74, 6) is -0.727. The minimum absolute atomic E-state index is 0.0351. The second kappa shape index (κ2) is 8.01. The number of nitrogens with one attached hydrogen (secondary N) is 3. The van der Waals surface area contributed by atoms with Crippen molar-refractivity contribution in [2.24, 2.45) is 5.73 Å². The number of nitrogens with two attached hydrogens (primary N) is 1. The third kappa shape index (κ3) is 4.40. The van der Waals surface area contributed by atoms with E-state index >= 15 is 0 Å². The summed E-state index contributed by atoms with van der Waals surface area (Å²) in [6.07, 6.45) is 3.18. The number of ether oxygens (including phenoxy) is 1. The third-order valence-electron chi connectivity index (χ3n) is 4.46. The molecule has 8 nitrogen and oxygen atoms in total. The van der Waals surface area contributed by atoms with Crippen LogP contribution in [0.15, 0.2) is 39.9 Å². The number of hydrogen-bond acceptors (Lipinski definition) is 5. The average Bonchev–Trinajstić information content (AvgIpc) is 2.63. The second-order valence-corrected chi connectivity index (χ2v) is 6.47. The van der Waals surface area contributed by atoms with Crippen LogP contribution < -0.4 is 27.0 Å². The van der Waals surface area contributed by atoms with Gasteiger partial charge in [-0.25, -0.2) is 4.79 Å². The molecule has 1 aliphatic carbocycles. The van der Waals surface area contributed by atoms with Gasteiger partial charge in [-0.05, 0) is 31.2 Å². The molecule has 1 saturated carbocycles. The Labute approximate surface area is 149 Å². The zero-order valence-electron chi connectivity index (χ0n) is 14.3. The zero-order valence-corrected chi connectivity index (χ0v) is 14.3. The highest BCUT2D eigenvalue weighted by molar-refractivity contribution is 5.94. The van der Waals surface area contributed by atoms with Crippen molar-refractivity contribution >= 4 is 5.91 Å². The van der Waals surface area contributed by atoms with E-state index < -0.39 is 17.2 Å². The standard InChI is InChI=1S/C18H22N4O4/c19-12-6-8-13(9-7-12)20-16(23)14-15(17(24)22-18(25)21-14)26-10-11-4-2-1-3-5-11/h1-5,12-13H,6-10,19H2,(H,20,23)(H2,21,22,24,25). The molecule has 1 aliphatic rings. The molecule has 0 spiro atoms. The van der Waals surface area contributed by atoms with Crippen LogP contribution in [0.2, 0.25) is 0 Å². The van der Waals surface area contributed by atoms with Gasteiger partial charge in [-0.15, -0.1) is 0 Å². The number of benzene rings is 1. The second-order valence-electron chi connectivity index (χ2n) is 6.47. The van der Waals surface area contributed by atoms with Crippen molar-refractivity contribution in [3.8, 4) is 5.75 Å². The maximum Gasteiger partial charge on any atom is 0.326 e. The van der Waals surface area contributed by atoms with Gasteiger partial charge in [-0.3, -0.25) is 19.6 Å². The number of amides is 1. The molecule has 138 valence electrons. The van der Waals surface area contributed by atoms with Crippen LogP contribution in [0, 0.1) is 0 Å². The van der Waals surface area contributed by atoms with E-state index in [0.717, 1.165) is 31.2 Å². The molecular formula is C18H22N4O4. The van der Waals surface area contributed by atoms with Crippen LogP contribution in [0.3, 0.4) is 0 Å². The lowest BCUT2D eigenvalue weighted by molar-refractivity contribution is 0.0914. The number of aromatic nitrogens is 2. The van der Waals surface area contributed by atoms with Gasteiger partial charge in [-0.1, -0.05) is 30.3 Å². The topological polar surface area (TPSA) is 130 Å². The van der Waals surface area contributed by atoms with Crippen LogP contribution in [0.5, 0.6) is 5.75 Å². The molecule has 0 atom stereocenters. The molecule has 0 radical (unpaired) electrons. The van der Waals surface area contributed by atoms with Crippen molar-refractivity contribution in [3.05, 3.63) is 62.4 Å². The molecule has 0 aliphatic heterocycles. The van der Waals surface area contributed by atoms with E-state index in [9.17, 15) is 14.4 Å². The van der Waals surface area contributed by atoms with Crippen LogP contribution in [0.25, 0.3) is 0 Å². The first-order valence-corrected chi connectivity index (χ1v) is 8.62. The number of H-pyrrole nitrogens is 2. The monoisotopic (exact) mass is 358 g/mol.